The van der Waals surface area contributed by atoms with Crippen LogP contribution in [0.5, 0.6) is 11.6 Å². The summed E-state index contributed by atoms with van der Waals surface area (Å²) in [6.45, 7) is 9.49. The van der Waals surface area contributed by atoms with Crippen molar-refractivity contribution in [2.75, 3.05) is 0 Å². The van der Waals surface area contributed by atoms with Crippen LogP contribution in [0.2, 0.25) is 0 Å². The quantitative estimate of drug-likeness (QED) is 0.334. The molecule has 0 saturated carbocycles. The van der Waals surface area contributed by atoms with Crippen molar-refractivity contribution < 1.29 is 4.74 Å². The van der Waals surface area contributed by atoms with Gasteiger partial charge in [-0.15, -0.1) is 0 Å². The first-order chi connectivity index (χ1) is 15.0. The summed E-state index contributed by atoms with van der Waals surface area (Å²) in [5.74, 6) is 1.42. The molecule has 31 heavy (non-hydrogen) atoms. The van der Waals surface area contributed by atoms with E-state index in [1.165, 1.54) is 33.3 Å². The molecule has 3 aromatic heterocycles. The van der Waals surface area contributed by atoms with E-state index in [4.69, 9.17) is 4.74 Å². The molecule has 0 aliphatic carbocycles. The van der Waals surface area contributed by atoms with Gasteiger partial charge < -0.3 is 9.30 Å². The summed E-state index contributed by atoms with van der Waals surface area (Å²) in [5.41, 5.74) is 7.46. The molecule has 0 radical (unpaired) electrons. The number of benzene rings is 2. The minimum atomic E-state index is 0.629. The van der Waals surface area contributed by atoms with Crippen LogP contribution in [0.3, 0.4) is 0 Å². The summed E-state index contributed by atoms with van der Waals surface area (Å²) in [4.78, 5) is 8.88. The lowest BCUT2D eigenvalue weighted by Crippen LogP contribution is -2.06. The lowest BCUT2D eigenvalue weighted by atomic mass is 10.0. The standard InChI is InChI=1S/C27H25N3O/c1-17-7-5-8-18(2)24(17)16-30-20(4)19(3)22-12-14-29-27(26(22)30)31-25-10-6-9-21-15-28-13-11-23(21)25/h5-15H,16H2,1-4H3. The van der Waals surface area contributed by atoms with Gasteiger partial charge in [0.25, 0.3) is 0 Å². The van der Waals surface area contributed by atoms with Gasteiger partial charge in [-0.1, -0.05) is 30.3 Å². The zero-order chi connectivity index (χ0) is 21.5. The Morgan fingerprint density at radius 1 is 0.839 bits per heavy atom. The van der Waals surface area contributed by atoms with E-state index in [0.29, 0.717) is 5.88 Å². The number of fused-ring (bicyclic) bond motifs is 2. The Morgan fingerprint density at radius 3 is 2.39 bits per heavy atom. The molecule has 0 spiro atoms. The monoisotopic (exact) mass is 407 g/mol. The van der Waals surface area contributed by atoms with E-state index in [9.17, 15) is 0 Å². The van der Waals surface area contributed by atoms with Gasteiger partial charge in [0.05, 0.1) is 0 Å². The number of pyridine rings is 2. The predicted molar refractivity (Wildman–Crippen MR) is 126 cm³/mol. The van der Waals surface area contributed by atoms with Crippen LogP contribution in [0.15, 0.2) is 67.1 Å². The van der Waals surface area contributed by atoms with Crippen molar-refractivity contribution in [1.29, 1.82) is 0 Å². The molecule has 3 heterocycles. The number of hydrogen-bond acceptors (Lipinski definition) is 3. The smallest absolute Gasteiger partial charge is 0.244 e. The highest BCUT2D eigenvalue weighted by Gasteiger charge is 2.18. The topological polar surface area (TPSA) is 39.9 Å². The molecule has 5 aromatic rings. The molecule has 4 nitrogen and oxygen atoms in total. The van der Waals surface area contributed by atoms with E-state index in [1.54, 1.807) is 6.20 Å². The van der Waals surface area contributed by atoms with Crippen LogP contribution in [0.25, 0.3) is 21.7 Å². The summed E-state index contributed by atoms with van der Waals surface area (Å²) < 4.78 is 8.79. The molecule has 0 amide bonds. The summed E-state index contributed by atoms with van der Waals surface area (Å²) in [6, 6.07) is 16.6. The summed E-state index contributed by atoms with van der Waals surface area (Å²) in [7, 11) is 0. The third-order valence-electron chi connectivity index (χ3n) is 6.32. The Hall–Kier alpha value is -3.66. The molecule has 0 saturated heterocycles. The van der Waals surface area contributed by atoms with Gasteiger partial charge in [0, 0.05) is 47.0 Å². The van der Waals surface area contributed by atoms with Crippen LogP contribution in [0, 0.1) is 27.7 Å². The van der Waals surface area contributed by atoms with Gasteiger partial charge in [0.2, 0.25) is 5.88 Å². The van der Waals surface area contributed by atoms with Crippen LogP contribution < -0.4 is 4.74 Å². The maximum Gasteiger partial charge on any atom is 0.244 e. The lowest BCUT2D eigenvalue weighted by Gasteiger charge is -2.15. The van der Waals surface area contributed by atoms with Crippen molar-refractivity contribution in [3.63, 3.8) is 0 Å². The van der Waals surface area contributed by atoms with E-state index in [1.807, 2.05) is 36.7 Å². The van der Waals surface area contributed by atoms with Crippen LogP contribution >= 0.6 is 0 Å². The molecular formula is C27H25N3O. The fourth-order valence-electron chi connectivity index (χ4n) is 4.38. The number of rotatable bonds is 4. The van der Waals surface area contributed by atoms with Crippen LogP contribution in [-0.2, 0) is 6.54 Å². The first-order valence-electron chi connectivity index (χ1n) is 10.5. The molecule has 0 bridgehead atoms. The second-order valence-electron chi connectivity index (χ2n) is 8.13. The van der Waals surface area contributed by atoms with Crippen LogP contribution in [0.4, 0.5) is 0 Å². The second-order valence-corrected chi connectivity index (χ2v) is 8.13. The van der Waals surface area contributed by atoms with Gasteiger partial charge in [-0.25, -0.2) is 4.98 Å². The van der Waals surface area contributed by atoms with E-state index in [2.05, 4.69) is 66.5 Å². The molecule has 2 aromatic carbocycles. The summed E-state index contributed by atoms with van der Waals surface area (Å²) in [5, 5.41) is 3.25. The van der Waals surface area contributed by atoms with Crippen LogP contribution in [0.1, 0.15) is 27.9 Å². The molecule has 0 N–H and O–H groups in total. The molecule has 0 aliphatic heterocycles. The van der Waals surface area contributed by atoms with Gasteiger partial charge >= 0.3 is 0 Å². The van der Waals surface area contributed by atoms with E-state index >= 15 is 0 Å². The largest absolute Gasteiger partial charge is 0.436 e. The van der Waals surface area contributed by atoms with Crippen molar-refractivity contribution in [2.45, 2.75) is 34.2 Å². The van der Waals surface area contributed by atoms with E-state index in [0.717, 1.165) is 28.6 Å². The highest BCUT2D eigenvalue weighted by atomic mass is 16.5. The molecule has 0 unspecified atom stereocenters. The average Bonchev–Trinajstić information content (AvgIpc) is 3.02. The Labute approximate surface area is 182 Å². The normalized spacial score (nSPS) is 11.4. The lowest BCUT2D eigenvalue weighted by molar-refractivity contribution is 0.471. The molecule has 0 aliphatic rings. The van der Waals surface area contributed by atoms with Crippen molar-refractivity contribution >= 4 is 21.7 Å². The summed E-state index contributed by atoms with van der Waals surface area (Å²) >= 11 is 0. The third-order valence-corrected chi connectivity index (χ3v) is 6.32. The number of aromatic nitrogens is 3. The number of nitrogens with zero attached hydrogens (tertiary/aromatic N) is 3. The fraction of sp³-hybridized carbons (Fsp3) is 0.185. The second kappa shape index (κ2) is 7.55. The highest BCUT2D eigenvalue weighted by molar-refractivity contribution is 5.91. The molecular weight excluding hydrogens is 382 g/mol. The van der Waals surface area contributed by atoms with Crippen molar-refractivity contribution in [1.82, 2.24) is 14.5 Å². The molecule has 154 valence electrons. The number of ether oxygens (including phenoxy) is 1. The molecule has 0 atom stereocenters. The van der Waals surface area contributed by atoms with Gasteiger partial charge in [-0.3, -0.25) is 4.98 Å². The summed E-state index contributed by atoms with van der Waals surface area (Å²) in [6.07, 6.45) is 5.48. The third kappa shape index (κ3) is 3.25. The minimum Gasteiger partial charge on any atom is -0.436 e. The minimum absolute atomic E-state index is 0.629. The number of hydrogen-bond donors (Lipinski definition) is 0. The Kier molecular flexibility index (Phi) is 4.70. The molecule has 5 rings (SSSR count). The van der Waals surface area contributed by atoms with Gasteiger partial charge in [0.15, 0.2) is 0 Å². The molecule has 0 fully saturated rings. The SMILES string of the molecule is Cc1cccc(C)c1Cn1c(C)c(C)c2ccnc(Oc3cccc4cnccc34)c21. The fourth-order valence-corrected chi connectivity index (χ4v) is 4.38. The van der Waals surface area contributed by atoms with Crippen LogP contribution in [-0.4, -0.2) is 14.5 Å². The maximum atomic E-state index is 6.45. The maximum absolute atomic E-state index is 6.45. The van der Waals surface area contributed by atoms with Gasteiger partial charge in [0.1, 0.15) is 11.3 Å². The first-order valence-corrected chi connectivity index (χ1v) is 10.5. The average molecular weight is 408 g/mol. The zero-order valence-electron chi connectivity index (χ0n) is 18.3. The van der Waals surface area contributed by atoms with Crippen molar-refractivity contribution in [3.05, 3.63) is 95.1 Å². The Morgan fingerprint density at radius 2 is 1.58 bits per heavy atom. The zero-order valence-corrected chi connectivity index (χ0v) is 18.3. The van der Waals surface area contributed by atoms with Gasteiger partial charge in [-0.05, 0) is 68.1 Å². The van der Waals surface area contributed by atoms with Crippen molar-refractivity contribution in [3.8, 4) is 11.6 Å². The van der Waals surface area contributed by atoms with E-state index < -0.39 is 0 Å². The Balaban J connectivity index is 1.69. The predicted octanol–water partition coefficient (Wildman–Crippen LogP) is 6.66. The van der Waals surface area contributed by atoms with Crippen molar-refractivity contribution in [2.24, 2.45) is 0 Å². The Bertz CT molecular complexity index is 1410. The number of aryl methyl sites for hydroxylation is 3. The van der Waals surface area contributed by atoms with E-state index in [-0.39, 0.29) is 0 Å². The molecule has 4 heteroatoms. The first kappa shape index (κ1) is 19.3. The highest BCUT2D eigenvalue weighted by Crippen LogP contribution is 2.36. The van der Waals surface area contributed by atoms with Gasteiger partial charge in [-0.2, -0.15) is 0 Å².